The Balaban J connectivity index is 1.67. The summed E-state index contributed by atoms with van der Waals surface area (Å²) in [6, 6.07) is 47.0. The van der Waals surface area contributed by atoms with E-state index < -0.39 is 6.83 Å². The summed E-state index contributed by atoms with van der Waals surface area (Å²) >= 11 is 0. The Morgan fingerprint density at radius 3 is 1.51 bits per heavy atom. The molecule has 0 amide bonds. The Bertz CT molecular complexity index is 1440. The Morgan fingerprint density at radius 2 is 1.00 bits per heavy atom. The zero-order chi connectivity index (χ0) is 24.0. The molecule has 5 aromatic rings. The number of hydrogen-bond acceptors (Lipinski definition) is 2. The first kappa shape index (κ1) is 21.8. The van der Waals surface area contributed by atoms with Crippen molar-refractivity contribution >= 4 is 45.1 Å². The van der Waals surface area contributed by atoms with Crippen molar-refractivity contribution in [2.75, 3.05) is 0 Å². The molecule has 0 radical (unpaired) electrons. The van der Waals surface area contributed by atoms with E-state index >= 15 is 0 Å². The zero-order valence-corrected chi connectivity index (χ0v) is 20.9. The molecule has 0 N–H and O–H groups in total. The van der Waals surface area contributed by atoms with Gasteiger partial charge >= 0.3 is 207 Å². The molecule has 0 aromatic heterocycles. The van der Waals surface area contributed by atoms with Crippen LogP contribution in [0.25, 0.3) is 10.8 Å². The molecule has 35 heavy (non-hydrogen) atoms. The minimum absolute atomic E-state index is 0.368. The van der Waals surface area contributed by atoms with E-state index in [2.05, 4.69) is 147 Å². The predicted octanol–water partition coefficient (Wildman–Crippen LogP) is 7.12. The average molecular weight is 474 g/mol. The standard InChI is InChI=1S/C32H28NOP/c1-32(2)31(33-30-24-14-16-25-15-12-13-23-29(25)30)34-35(32,26-17-6-3-7-18-26,27-19-8-4-9-20-27)28-21-10-5-11-22-28/h3-24H,1-2H3. The van der Waals surface area contributed by atoms with Crippen molar-refractivity contribution in [3.63, 3.8) is 0 Å². The summed E-state index contributed by atoms with van der Waals surface area (Å²) in [4.78, 5) is 5.19. The van der Waals surface area contributed by atoms with Gasteiger partial charge in [-0.3, -0.25) is 0 Å². The van der Waals surface area contributed by atoms with E-state index in [1.165, 1.54) is 21.3 Å². The number of aliphatic imine (C=N–C) groups is 1. The molecule has 0 spiro atoms. The maximum absolute atomic E-state index is 7.32. The van der Waals surface area contributed by atoms with Crippen LogP contribution < -0.4 is 15.9 Å². The Kier molecular flexibility index (Phi) is 4.91. The molecule has 0 saturated carbocycles. The van der Waals surface area contributed by atoms with Crippen LogP contribution in [0.3, 0.4) is 0 Å². The van der Waals surface area contributed by atoms with E-state index in [4.69, 9.17) is 9.52 Å². The van der Waals surface area contributed by atoms with E-state index in [0.29, 0.717) is 0 Å². The summed E-state index contributed by atoms with van der Waals surface area (Å²) in [5, 5.41) is 5.60. The van der Waals surface area contributed by atoms with Crippen LogP contribution in [-0.2, 0) is 4.52 Å². The SMILES string of the molecule is CC1(C)C(=Nc2cccc3ccccc23)OP1(c1ccccc1)(c1ccccc1)c1ccccc1. The van der Waals surface area contributed by atoms with Crippen LogP contribution in [-0.4, -0.2) is 11.1 Å². The van der Waals surface area contributed by atoms with E-state index in [9.17, 15) is 0 Å². The molecule has 5 aromatic carbocycles. The number of benzene rings is 5. The van der Waals surface area contributed by atoms with Gasteiger partial charge in [-0.1, -0.05) is 0 Å². The molecular formula is C32H28NOP. The molecule has 0 unspecified atom stereocenters. The fraction of sp³-hybridized carbons (Fsp3) is 0.0938. The molecule has 1 saturated heterocycles. The predicted molar refractivity (Wildman–Crippen MR) is 151 cm³/mol. The first-order valence-corrected chi connectivity index (χ1v) is 14.2. The van der Waals surface area contributed by atoms with Crippen molar-refractivity contribution in [3.8, 4) is 0 Å². The van der Waals surface area contributed by atoms with Gasteiger partial charge in [-0.2, -0.15) is 0 Å². The van der Waals surface area contributed by atoms with Gasteiger partial charge in [0, 0.05) is 0 Å². The molecular weight excluding hydrogens is 445 g/mol. The summed E-state index contributed by atoms with van der Waals surface area (Å²) in [5.74, 6) is 0.781. The number of hydrogen-bond donors (Lipinski definition) is 0. The van der Waals surface area contributed by atoms with Crippen molar-refractivity contribution in [3.05, 3.63) is 133 Å². The maximum atomic E-state index is 7.32. The van der Waals surface area contributed by atoms with Gasteiger partial charge < -0.3 is 0 Å². The molecule has 1 aliphatic rings. The van der Waals surface area contributed by atoms with Crippen LogP contribution in [0, 0.1) is 0 Å². The summed E-state index contributed by atoms with van der Waals surface area (Å²) in [7, 11) is 0. The molecule has 1 fully saturated rings. The van der Waals surface area contributed by atoms with Crippen LogP contribution in [0.1, 0.15) is 13.8 Å². The third-order valence-corrected chi connectivity index (χ3v) is 14.3. The van der Waals surface area contributed by atoms with Crippen LogP contribution in [0.5, 0.6) is 0 Å². The summed E-state index contributed by atoms with van der Waals surface area (Å²) in [5.41, 5.74) is 0.941. The van der Waals surface area contributed by atoms with E-state index in [0.717, 1.165) is 17.0 Å². The zero-order valence-electron chi connectivity index (χ0n) is 20.0. The number of rotatable bonds is 4. The Morgan fingerprint density at radius 1 is 0.543 bits per heavy atom. The molecule has 0 bridgehead atoms. The van der Waals surface area contributed by atoms with Crippen molar-refractivity contribution in [2.45, 2.75) is 19.0 Å². The minimum atomic E-state index is -3.39. The van der Waals surface area contributed by atoms with Gasteiger partial charge in [0.1, 0.15) is 0 Å². The average Bonchev–Trinajstić information content (AvgIpc) is 2.92. The Labute approximate surface area is 207 Å². The molecule has 1 heterocycles. The molecule has 3 heteroatoms. The van der Waals surface area contributed by atoms with E-state index in [-0.39, 0.29) is 5.16 Å². The fourth-order valence-corrected chi connectivity index (χ4v) is 12.4. The second-order valence-electron chi connectivity index (χ2n) is 9.61. The number of fused-ring (bicyclic) bond motifs is 1. The summed E-state index contributed by atoms with van der Waals surface area (Å²) < 4.78 is 7.32. The summed E-state index contributed by atoms with van der Waals surface area (Å²) in [6.07, 6.45) is 0. The Hall–Kier alpha value is -3.74. The van der Waals surface area contributed by atoms with Crippen LogP contribution >= 0.6 is 6.83 Å². The molecule has 2 nitrogen and oxygen atoms in total. The van der Waals surface area contributed by atoms with Crippen molar-refractivity contribution in [2.24, 2.45) is 4.99 Å². The normalized spacial score (nSPS) is 19.7. The molecule has 1 aliphatic heterocycles. The van der Waals surface area contributed by atoms with E-state index in [1.54, 1.807) is 0 Å². The third-order valence-electron chi connectivity index (χ3n) is 7.59. The van der Waals surface area contributed by atoms with Gasteiger partial charge in [-0.05, 0) is 0 Å². The van der Waals surface area contributed by atoms with Gasteiger partial charge in [0.05, 0.1) is 0 Å². The quantitative estimate of drug-likeness (QED) is 0.255. The third kappa shape index (κ3) is 2.78. The second-order valence-corrected chi connectivity index (χ2v) is 14.5. The first-order valence-electron chi connectivity index (χ1n) is 12.0. The van der Waals surface area contributed by atoms with Crippen molar-refractivity contribution < 1.29 is 4.52 Å². The van der Waals surface area contributed by atoms with Crippen molar-refractivity contribution in [1.29, 1.82) is 0 Å². The van der Waals surface area contributed by atoms with Crippen LogP contribution in [0.15, 0.2) is 138 Å². The van der Waals surface area contributed by atoms with Gasteiger partial charge in [-0.25, -0.2) is 0 Å². The monoisotopic (exact) mass is 473 g/mol. The van der Waals surface area contributed by atoms with Gasteiger partial charge in [0.25, 0.3) is 0 Å². The topological polar surface area (TPSA) is 21.6 Å². The van der Waals surface area contributed by atoms with Gasteiger partial charge in [-0.15, -0.1) is 0 Å². The van der Waals surface area contributed by atoms with Gasteiger partial charge in [0.2, 0.25) is 0 Å². The first-order chi connectivity index (χ1) is 17.1. The molecule has 0 aliphatic carbocycles. The van der Waals surface area contributed by atoms with Gasteiger partial charge in [0.15, 0.2) is 0 Å². The summed E-state index contributed by atoms with van der Waals surface area (Å²) in [6.45, 7) is 1.23. The molecule has 6 rings (SSSR count). The second kappa shape index (κ2) is 7.90. The number of nitrogens with zero attached hydrogens (tertiary/aromatic N) is 1. The fourth-order valence-electron chi connectivity index (χ4n) is 5.83. The van der Waals surface area contributed by atoms with Crippen LogP contribution in [0.2, 0.25) is 0 Å². The van der Waals surface area contributed by atoms with Crippen molar-refractivity contribution in [1.82, 2.24) is 0 Å². The van der Waals surface area contributed by atoms with Crippen LogP contribution in [0.4, 0.5) is 5.69 Å². The molecule has 172 valence electrons. The van der Waals surface area contributed by atoms with E-state index in [1.807, 2.05) is 0 Å². The molecule has 0 atom stereocenters.